The van der Waals surface area contributed by atoms with Crippen molar-refractivity contribution in [2.75, 3.05) is 0 Å². The molecule has 0 fully saturated rings. The third kappa shape index (κ3) is 9.08. The molecule has 0 aliphatic carbocycles. The molecule has 2 aromatic carbocycles. The summed E-state index contributed by atoms with van der Waals surface area (Å²) in [6.07, 6.45) is 0.669. The van der Waals surface area contributed by atoms with Gasteiger partial charge < -0.3 is 10.2 Å². The lowest BCUT2D eigenvalue weighted by molar-refractivity contribution is -0.140. The first-order chi connectivity index (χ1) is 12.8. The average Bonchev–Trinajstić information content (AvgIpc) is 2.65. The number of nitrogens with zero attached hydrogens (tertiary/aromatic N) is 1. The van der Waals surface area contributed by atoms with E-state index in [0.717, 1.165) is 11.1 Å². The zero-order valence-electron chi connectivity index (χ0n) is 14.1. The summed E-state index contributed by atoms with van der Waals surface area (Å²) in [5.41, 5.74) is 1.83. The summed E-state index contributed by atoms with van der Waals surface area (Å²) in [5, 5.41) is 17.5. The fourth-order valence-electron chi connectivity index (χ4n) is 2.10. The Bertz CT molecular complexity index is 702. The Morgan fingerprint density at radius 1 is 0.852 bits per heavy atom. The van der Waals surface area contributed by atoms with Crippen LogP contribution in [0.15, 0.2) is 60.7 Å². The van der Waals surface area contributed by atoms with Gasteiger partial charge in [-0.2, -0.15) is 0 Å². The number of halogens is 3. The summed E-state index contributed by atoms with van der Waals surface area (Å²) in [4.78, 5) is 23.5. The number of benzene rings is 2. The second-order valence-corrected chi connectivity index (χ2v) is 6.61. The van der Waals surface area contributed by atoms with Crippen molar-refractivity contribution in [1.29, 1.82) is 0 Å². The van der Waals surface area contributed by atoms with Crippen LogP contribution in [0.25, 0.3) is 0 Å². The molecule has 9 heteroatoms. The second kappa shape index (κ2) is 12.5. The van der Waals surface area contributed by atoms with Gasteiger partial charge in [0.05, 0.1) is 0 Å². The molecule has 0 unspecified atom stereocenters. The Kier molecular flexibility index (Phi) is 10.8. The molecule has 0 saturated heterocycles. The average molecular weight is 434 g/mol. The highest BCUT2D eigenvalue weighted by Gasteiger charge is 2.23. The van der Waals surface area contributed by atoms with Crippen LogP contribution >= 0.6 is 35.3 Å². The minimum absolute atomic E-state index is 0.281. The molecule has 27 heavy (non-hydrogen) atoms. The number of hydrogen-bond donors (Lipinski definition) is 3. The van der Waals surface area contributed by atoms with Crippen LogP contribution < -0.4 is 4.84 Å². The first-order valence-electron chi connectivity index (χ1n) is 7.85. The van der Waals surface area contributed by atoms with Crippen LogP contribution in [0.4, 0.5) is 0 Å². The summed E-state index contributed by atoms with van der Waals surface area (Å²) in [6.45, 7) is 0. The van der Waals surface area contributed by atoms with E-state index in [9.17, 15) is 9.59 Å². The predicted molar refractivity (Wildman–Crippen MR) is 106 cm³/mol. The largest absolute Gasteiger partial charge is 0.480 e. The third-order valence-corrected chi connectivity index (χ3v) is 4.24. The summed E-state index contributed by atoms with van der Waals surface area (Å²) < 4.78 is 0.662. The Morgan fingerprint density at radius 3 is 1.63 bits per heavy atom. The van der Waals surface area contributed by atoms with Crippen LogP contribution in [0, 0.1) is 0 Å². The van der Waals surface area contributed by atoms with E-state index < -0.39 is 24.0 Å². The summed E-state index contributed by atoms with van der Waals surface area (Å²) in [5.74, 6) is -1.99. The molecule has 0 spiro atoms. The zero-order valence-corrected chi connectivity index (χ0v) is 16.4. The van der Waals surface area contributed by atoms with Gasteiger partial charge in [-0.25, -0.2) is 4.84 Å². The van der Waals surface area contributed by atoms with Gasteiger partial charge in [-0.1, -0.05) is 60.7 Å². The fourth-order valence-corrected chi connectivity index (χ4v) is 2.57. The minimum Gasteiger partial charge on any atom is -0.480 e. The predicted octanol–water partition coefficient (Wildman–Crippen LogP) is 3.72. The minimum atomic E-state index is -1.04. The van der Waals surface area contributed by atoms with Gasteiger partial charge in [0.2, 0.25) is 0 Å². The van der Waals surface area contributed by atoms with Crippen molar-refractivity contribution in [3.8, 4) is 0 Å². The van der Waals surface area contributed by atoms with Gasteiger partial charge in [0.25, 0.3) is 0 Å². The topological polar surface area (TPSA) is 89.9 Å². The number of carboxylic acid groups (broad SMARTS) is 2. The first kappa shape index (κ1) is 23.2. The van der Waals surface area contributed by atoms with Gasteiger partial charge >= 0.3 is 11.9 Å². The smallest absolute Gasteiger partial charge is 0.324 e. The second-order valence-electron chi connectivity index (χ2n) is 5.49. The Balaban J connectivity index is 0.000000271. The van der Waals surface area contributed by atoms with E-state index >= 15 is 0 Å². The molecular weight excluding hydrogens is 415 g/mol. The van der Waals surface area contributed by atoms with Gasteiger partial charge in [-0.3, -0.25) is 9.59 Å². The van der Waals surface area contributed by atoms with Gasteiger partial charge in [-0.15, -0.1) is 3.94 Å². The standard InChI is InChI=1S/C9H9Cl2NO2.C9H10ClNO2/c10-12(11)8(9(13)14)6-7-4-2-1-3-5-7;10-11-8(9(12)13)6-7-4-2-1-3-5-7/h1-5,8H,6H2,(H,13,14);1-5,8,11H,6H2,(H,12,13)/t2*8-/m00/s1. The Morgan fingerprint density at radius 2 is 1.30 bits per heavy atom. The number of rotatable bonds is 8. The highest BCUT2D eigenvalue weighted by molar-refractivity contribution is 6.34. The summed E-state index contributed by atoms with van der Waals surface area (Å²) >= 11 is 16.1. The molecule has 2 rings (SSSR count). The molecule has 146 valence electrons. The van der Waals surface area contributed by atoms with Gasteiger partial charge in [-0.05, 0) is 52.9 Å². The van der Waals surface area contributed by atoms with Crippen molar-refractivity contribution in [2.45, 2.75) is 24.9 Å². The summed E-state index contributed by atoms with van der Waals surface area (Å²) in [7, 11) is 0. The van der Waals surface area contributed by atoms with Gasteiger partial charge in [0.1, 0.15) is 12.1 Å². The fraction of sp³-hybridized carbons (Fsp3) is 0.222. The van der Waals surface area contributed by atoms with E-state index in [4.69, 9.17) is 45.5 Å². The molecule has 2 atom stereocenters. The number of hydrogen-bond acceptors (Lipinski definition) is 4. The highest BCUT2D eigenvalue weighted by atomic mass is 35.5. The molecule has 0 radical (unpaired) electrons. The number of nitrogens with one attached hydrogen (secondary N) is 1. The van der Waals surface area contributed by atoms with Crippen LogP contribution in [-0.2, 0) is 22.4 Å². The van der Waals surface area contributed by atoms with Crippen molar-refractivity contribution in [2.24, 2.45) is 0 Å². The number of aliphatic carboxylic acids is 2. The van der Waals surface area contributed by atoms with Crippen LogP contribution in [-0.4, -0.2) is 38.2 Å². The van der Waals surface area contributed by atoms with Crippen molar-refractivity contribution in [3.05, 3.63) is 71.8 Å². The van der Waals surface area contributed by atoms with Crippen LogP contribution in [0.5, 0.6) is 0 Å². The van der Waals surface area contributed by atoms with Crippen LogP contribution in [0.1, 0.15) is 11.1 Å². The molecule has 0 aromatic heterocycles. The summed E-state index contributed by atoms with van der Waals surface area (Å²) in [6, 6.07) is 16.9. The molecule has 0 aliphatic rings. The van der Waals surface area contributed by atoms with Gasteiger partial charge in [0.15, 0.2) is 0 Å². The molecule has 0 aliphatic heterocycles. The Labute approximate surface area is 172 Å². The van der Waals surface area contributed by atoms with Crippen molar-refractivity contribution >= 4 is 47.3 Å². The van der Waals surface area contributed by atoms with E-state index in [1.807, 2.05) is 60.7 Å². The molecule has 0 heterocycles. The molecular formula is C18H19Cl3N2O4. The number of carboxylic acids is 2. The molecule has 0 amide bonds. The Hall–Kier alpha value is -1.83. The lowest BCUT2D eigenvalue weighted by Gasteiger charge is -2.14. The quantitative estimate of drug-likeness (QED) is 0.550. The monoisotopic (exact) mass is 432 g/mol. The van der Waals surface area contributed by atoms with E-state index in [2.05, 4.69) is 4.84 Å². The van der Waals surface area contributed by atoms with Gasteiger partial charge in [0, 0.05) is 6.42 Å². The molecule has 3 N–H and O–H groups in total. The van der Waals surface area contributed by atoms with Crippen LogP contribution in [0.3, 0.4) is 0 Å². The van der Waals surface area contributed by atoms with Crippen molar-refractivity contribution in [3.63, 3.8) is 0 Å². The maximum absolute atomic E-state index is 10.7. The molecule has 6 nitrogen and oxygen atoms in total. The van der Waals surface area contributed by atoms with E-state index in [1.54, 1.807) is 0 Å². The van der Waals surface area contributed by atoms with Crippen molar-refractivity contribution < 1.29 is 19.8 Å². The van der Waals surface area contributed by atoms with E-state index in [-0.39, 0.29) is 6.42 Å². The number of carbonyl (C=O) groups is 2. The SMILES string of the molecule is O=C(O)[C@H](Cc1ccccc1)N(Cl)Cl.O=C(O)[C@H](Cc1ccccc1)NCl. The maximum Gasteiger partial charge on any atom is 0.324 e. The lowest BCUT2D eigenvalue weighted by Crippen LogP contribution is -2.32. The van der Waals surface area contributed by atoms with Crippen LogP contribution in [0.2, 0.25) is 0 Å². The third-order valence-electron chi connectivity index (χ3n) is 3.50. The van der Waals surface area contributed by atoms with Crippen molar-refractivity contribution in [1.82, 2.24) is 8.77 Å². The highest BCUT2D eigenvalue weighted by Crippen LogP contribution is 2.13. The van der Waals surface area contributed by atoms with E-state index in [0.29, 0.717) is 10.4 Å². The molecule has 2 aromatic rings. The first-order valence-corrected chi connectivity index (χ1v) is 8.91. The molecule has 0 saturated carbocycles. The normalized spacial score (nSPS) is 12.6. The maximum atomic E-state index is 10.7. The molecule has 0 bridgehead atoms. The zero-order chi connectivity index (χ0) is 20.2. The van der Waals surface area contributed by atoms with E-state index in [1.165, 1.54) is 0 Å². The lowest BCUT2D eigenvalue weighted by atomic mass is 10.1.